The largest absolute Gasteiger partial charge is 0.497 e. The second-order valence-corrected chi connectivity index (χ2v) is 6.27. The fourth-order valence-corrected chi connectivity index (χ4v) is 3.15. The molecule has 5 nitrogen and oxygen atoms in total. The topological polar surface area (TPSA) is 61.4 Å². The lowest BCUT2D eigenvalue weighted by molar-refractivity contribution is 0.414. The minimum Gasteiger partial charge on any atom is -0.497 e. The first-order chi connectivity index (χ1) is 12.7. The van der Waals surface area contributed by atoms with Crippen LogP contribution in [0.3, 0.4) is 0 Å². The molecule has 3 rings (SSSR count). The predicted octanol–water partition coefficient (Wildman–Crippen LogP) is 4.01. The molecule has 0 saturated heterocycles. The Balaban J connectivity index is 0.00000261. The number of hydrogen-bond donors (Lipinski definition) is 3. The fraction of sp³-hybridized carbons (Fsp3) is 0.286. The molecule has 3 aromatic rings. The van der Waals surface area contributed by atoms with Gasteiger partial charge in [-0.15, -0.1) is 24.0 Å². The van der Waals surface area contributed by atoms with Gasteiger partial charge in [0.1, 0.15) is 5.75 Å². The van der Waals surface area contributed by atoms with Crippen LogP contribution in [0.25, 0.3) is 10.9 Å². The van der Waals surface area contributed by atoms with Gasteiger partial charge in [-0.25, -0.2) is 0 Å². The van der Waals surface area contributed by atoms with Crippen LogP contribution in [0.15, 0.2) is 53.7 Å². The van der Waals surface area contributed by atoms with Gasteiger partial charge < -0.3 is 20.4 Å². The SMILES string of the molecule is CN=C(NCCc1c[nH]c2cccc(C)c12)NCc1cccc(OC)c1.I. The Bertz CT molecular complexity index is 904. The van der Waals surface area contributed by atoms with E-state index in [2.05, 4.69) is 58.0 Å². The summed E-state index contributed by atoms with van der Waals surface area (Å²) in [6.07, 6.45) is 3.04. The highest BCUT2D eigenvalue weighted by Crippen LogP contribution is 2.22. The Hall–Kier alpha value is -2.22. The first kappa shape index (κ1) is 21.1. The van der Waals surface area contributed by atoms with Crippen molar-refractivity contribution in [3.05, 3.63) is 65.4 Å². The number of halogens is 1. The molecule has 0 saturated carbocycles. The smallest absolute Gasteiger partial charge is 0.191 e. The summed E-state index contributed by atoms with van der Waals surface area (Å²) in [5.41, 5.74) is 4.98. The third-order valence-electron chi connectivity index (χ3n) is 4.50. The lowest BCUT2D eigenvalue weighted by Crippen LogP contribution is -2.37. The van der Waals surface area contributed by atoms with Crippen LogP contribution >= 0.6 is 24.0 Å². The Morgan fingerprint density at radius 3 is 2.74 bits per heavy atom. The van der Waals surface area contributed by atoms with Crippen molar-refractivity contribution >= 4 is 40.8 Å². The van der Waals surface area contributed by atoms with E-state index >= 15 is 0 Å². The number of hydrogen-bond acceptors (Lipinski definition) is 2. The zero-order valence-electron chi connectivity index (χ0n) is 16.0. The number of benzene rings is 2. The second kappa shape index (κ2) is 10.2. The van der Waals surface area contributed by atoms with Crippen molar-refractivity contribution in [3.8, 4) is 5.75 Å². The van der Waals surface area contributed by atoms with Gasteiger partial charge in [-0.1, -0.05) is 24.3 Å². The van der Waals surface area contributed by atoms with E-state index < -0.39 is 0 Å². The highest BCUT2D eigenvalue weighted by Gasteiger charge is 2.06. The molecule has 3 N–H and O–H groups in total. The average molecular weight is 478 g/mol. The number of nitrogens with one attached hydrogen (secondary N) is 3. The molecule has 0 spiro atoms. The fourth-order valence-electron chi connectivity index (χ4n) is 3.15. The van der Waals surface area contributed by atoms with Crippen molar-refractivity contribution in [1.82, 2.24) is 15.6 Å². The summed E-state index contributed by atoms with van der Waals surface area (Å²) in [6.45, 7) is 3.67. The number of aromatic amines is 1. The molecule has 0 unspecified atom stereocenters. The van der Waals surface area contributed by atoms with E-state index in [4.69, 9.17) is 4.74 Å². The lowest BCUT2D eigenvalue weighted by Gasteiger charge is -2.12. The molecule has 0 amide bonds. The number of methoxy groups -OCH3 is 1. The van der Waals surface area contributed by atoms with Crippen LogP contribution in [0.5, 0.6) is 5.75 Å². The first-order valence-electron chi connectivity index (χ1n) is 8.84. The van der Waals surface area contributed by atoms with Crippen LogP contribution in [-0.4, -0.2) is 31.6 Å². The van der Waals surface area contributed by atoms with Gasteiger partial charge in [0.15, 0.2) is 5.96 Å². The number of H-pyrrole nitrogens is 1. The molecule has 2 aromatic carbocycles. The van der Waals surface area contributed by atoms with Gasteiger partial charge in [0.2, 0.25) is 0 Å². The van der Waals surface area contributed by atoms with E-state index in [-0.39, 0.29) is 24.0 Å². The second-order valence-electron chi connectivity index (χ2n) is 6.27. The summed E-state index contributed by atoms with van der Waals surface area (Å²) in [5.74, 6) is 1.66. The van der Waals surface area contributed by atoms with Crippen molar-refractivity contribution in [1.29, 1.82) is 0 Å². The van der Waals surface area contributed by atoms with Crippen LogP contribution < -0.4 is 15.4 Å². The standard InChI is InChI=1S/C21H26N4O.HI/c1-15-6-4-9-19-20(15)17(14-24-19)10-11-23-21(22-2)25-13-16-7-5-8-18(12-16)26-3;/h4-9,12,14,24H,10-11,13H2,1-3H3,(H2,22,23,25);1H. The van der Waals surface area contributed by atoms with Crippen molar-refractivity contribution in [3.63, 3.8) is 0 Å². The summed E-state index contributed by atoms with van der Waals surface area (Å²) in [4.78, 5) is 7.65. The maximum atomic E-state index is 5.26. The van der Waals surface area contributed by atoms with Crippen LogP contribution in [0.4, 0.5) is 0 Å². The zero-order chi connectivity index (χ0) is 18.4. The van der Waals surface area contributed by atoms with Crippen molar-refractivity contribution in [2.24, 2.45) is 4.99 Å². The normalized spacial score (nSPS) is 11.1. The molecule has 0 atom stereocenters. The van der Waals surface area contributed by atoms with Gasteiger partial charge in [-0.2, -0.15) is 0 Å². The maximum Gasteiger partial charge on any atom is 0.191 e. The zero-order valence-corrected chi connectivity index (χ0v) is 18.3. The minimum atomic E-state index is 0. The van der Waals surface area contributed by atoms with Crippen LogP contribution in [0, 0.1) is 6.92 Å². The summed E-state index contributed by atoms with van der Waals surface area (Å²) in [6, 6.07) is 14.4. The van der Waals surface area contributed by atoms with Crippen LogP contribution in [0.2, 0.25) is 0 Å². The lowest BCUT2D eigenvalue weighted by atomic mass is 10.1. The highest BCUT2D eigenvalue weighted by atomic mass is 127. The Labute approximate surface area is 177 Å². The molecule has 6 heteroatoms. The number of ether oxygens (including phenoxy) is 1. The Morgan fingerprint density at radius 1 is 1.15 bits per heavy atom. The van der Waals surface area contributed by atoms with E-state index in [9.17, 15) is 0 Å². The average Bonchev–Trinajstić information content (AvgIpc) is 3.09. The molecule has 0 fully saturated rings. The summed E-state index contributed by atoms with van der Waals surface area (Å²) in [7, 11) is 3.47. The van der Waals surface area contributed by atoms with E-state index in [1.54, 1.807) is 14.2 Å². The van der Waals surface area contributed by atoms with Gasteiger partial charge >= 0.3 is 0 Å². The Kier molecular flexibility index (Phi) is 7.97. The van der Waals surface area contributed by atoms with Gasteiger partial charge in [0, 0.05) is 37.2 Å². The Morgan fingerprint density at radius 2 is 1.96 bits per heavy atom. The number of aromatic nitrogens is 1. The predicted molar refractivity (Wildman–Crippen MR) is 123 cm³/mol. The number of nitrogens with zero attached hydrogens (tertiary/aromatic N) is 1. The molecular weight excluding hydrogens is 451 g/mol. The number of fused-ring (bicyclic) bond motifs is 1. The summed E-state index contributed by atoms with van der Waals surface area (Å²) >= 11 is 0. The van der Waals surface area contributed by atoms with Gasteiger partial charge in [-0.3, -0.25) is 4.99 Å². The van der Waals surface area contributed by atoms with E-state index in [1.807, 2.05) is 18.2 Å². The van der Waals surface area contributed by atoms with E-state index in [0.29, 0.717) is 6.54 Å². The van der Waals surface area contributed by atoms with Crippen molar-refractivity contribution < 1.29 is 4.74 Å². The molecule has 0 aliphatic carbocycles. The maximum absolute atomic E-state index is 5.26. The third kappa shape index (κ3) is 5.38. The van der Waals surface area contributed by atoms with E-state index in [1.165, 1.54) is 22.0 Å². The van der Waals surface area contributed by atoms with Crippen molar-refractivity contribution in [2.45, 2.75) is 19.9 Å². The molecule has 0 bridgehead atoms. The third-order valence-corrected chi connectivity index (χ3v) is 4.50. The molecule has 144 valence electrons. The first-order valence-corrected chi connectivity index (χ1v) is 8.84. The van der Waals surface area contributed by atoms with E-state index in [0.717, 1.165) is 30.2 Å². The van der Waals surface area contributed by atoms with Crippen LogP contribution in [0.1, 0.15) is 16.7 Å². The number of aryl methyl sites for hydroxylation is 1. The summed E-state index contributed by atoms with van der Waals surface area (Å²) < 4.78 is 5.26. The number of guanidine groups is 1. The molecule has 0 radical (unpaired) electrons. The molecule has 1 heterocycles. The van der Waals surface area contributed by atoms with Gasteiger partial charge in [-0.05, 0) is 48.2 Å². The highest BCUT2D eigenvalue weighted by molar-refractivity contribution is 14.0. The number of aliphatic imine (C=N–C) groups is 1. The summed E-state index contributed by atoms with van der Waals surface area (Å²) in [5, 5.41) is 8.05. The van der Waals surface area contributed by atoms with Gasteiger partial charge in [0.25, 0.3) is 0 Å². The van der Waals surface area contributed by atoms with Crippen LogP contribution in [-0.2, 0) is 13.0 Å². The van der Waals surface area contributed by atoms with Gasteiger partial charge in [0.05, 0.1) is 7.11 Å². The molecular formula is C21H27IN4O. The number of rotatable bonds is 6. The minimum absolute atomic E-state index is 0. The molecule has 27 heavy (non-hydrogen) atoms. The quantitative estimate of drug-likeness (QED) is 0.285. The van der Waals surface area contributed by atoms with Crippen molar-refractivity contribution in [2.75, 3.05) is 20.7 Å². The molecule has 1 aromatic heterocycles. The molecule has 0 aliphatic heterocycles. The molecule has 0 aliphatic rings. The monoisotopic (exact) mass is 478 g/mol.